The molecule has 0 saturated heterocycles. The smallest absolute Gasteiger partial charge is 0.0975 e. The Hall–Kier alpha value is -0.610. The molecule has 0 saturated carbocycles. The molecule has 2 aromatic rings. The molecule has 1 N–H and O–H groups in total. The summed E-state index contributed by atoms with van der Waals surface area (Å²) >= 11 is 14.0. The molecule has 0 unspecified atom stereocenters. The molecular formula is C16H20Cl2N2S. The summed E-state index contributed by atoms with van der Waals surface area (Å²) in [7, 11) is 0. The van der Waals surface area contributed by atoms with E-state index in [-0.39, 0.29) is 0 Å². The van der Waals surface area contributed by atoms with E-state index >= 15 is 0 Å². The maximum absolute atomic E-state index is 6.24. The molecule has 114 valence electrons. The van der Waals surface area contributed by atoms with Crippen LogP contribution in [-0.2, 0) is 19.4 Å². The number of nitrogens with one attached hydrogen (secondary N) is 1. The Morgan fingerprint density at radius 3 is 2.71 bits per heavy atom. The van der Waals surface area contributed by atoms with Crippen LogP contribution in [0.15, 0.2) is 18.2 Å². The number of hydrogen-bond donors (Lipinski definition) is 1. The molecule has 0 aliphatic carbocycles. The number of benzene rings is 1. The molecule has 0 amide bonds. The number of thiazole rings is 1. The van der Waals surface area contributed by atoms with Gasteiger partial charge in [0.25, 0.3) is 0 Å². The zero-order valence-electron chi connectivity index (χ0n) is 12.4. The van der Waals surface area contributed by atoms with Gasteiger partial charge in [-0.3, -0.25) is 0 Å². The summed E-state index contributed by atoms with van der Waals surface area (Å²) in [5, 5.41) is 5.94. The van der Waals surface area contributed by atoms with Gasteiger partial charge < -0.3 is 5.32 Å². The molecule has 21 heavy (non-hydrogen) atoms. The van der Waals surface area contributed by atoms with E-state index in [9.17, 15) is 0 Å². The highest BCUT2D eigenvalue weighted by Gasteiger charge is 2.11. The van der Waals surface area contributed by atoms with Crippen LogP contribution in [0.5, 0.6) is 0 Å². The largest absolute Gasteiger partial charge is 0.312 e. The van der Waals surface area contributed by atoms with Crippen molar-refractivity contribution in [2.75, 3.05) is 6.54 Å². The monoisotopic (exact) mass is 342 g/mol. The molecule has 0 aliphatic rings. The van der Waals surface area contributed by atoms with Gasteiger partial charge in [-0.15, -0.1) is 11.3 Å². The van der Waals surface area contributed by atoms with Crippen molar-refractivity contribution in [3.63, 3.8) is 0 Å². The highest BCUT2D eigenvalue weighted by atomic mass is 35.5. The predicted molar refractivity (Wildman–Crippen MR) is 92.8 cm³/mol. The maximum Gasteiger partial charge on any atom is 0.0975 e. The molecular weight excluding hydrogens is 323 g/mol. The van der Waals surface area contributed by atoms with E-state index in [2.05, 4.69) is 19.2 Å². The zero-order valence-corrected chi connectivity index (χ0v) is 14.7. The molecule has 0 atom stereocenters. The van der Waals surface area contributed by atoms with Crippen LogP contribution < -0.4 is 5.32 Å². The Morgan fingerprint density at radius 1 is 1.24 bits per heavy atom. The number of halogens is 2. The lowest BCUT2D eigenvalue weighted by Crippen LogP contribution is -2.13. The average Bonchev–Trinajstić information content (AvgIpc) is 2.84. The normalized spacial score (nSPS) is 11.0. The van der Waals surface area contributed by atoms with Crippen LogP contribution in [0.3, 0.4) is 0 Å². The van der Waals surface area contributed by atoms with Gasteiger partial charge in [0.2, 0.25) is 0 Å². The van der Waals surface area contributed by atoms with Crippen molar-refractivity contribution in [3.05, 3.63) is 49.4 Å². The molecule has 1 aromatic carbocycles. The predicted octanol–water partition coefficient (Wildman–Crippen LogP) is 5.10. The van der Waals surface area contributed by atoms with Gasteiger partial charge in [0.15, 0.2) is 0 Å². The topological polar surface area (TPSA) is 24.9 Å². The van der Waals surface area contributed by atoms with E-state index in [1.807, 2.05) is 12.1 Å². The summed E-state index contributed by atoms with van der Waals surface area (Å²) in [6.45, 7) is 6.27. The highest BCUT2D eigenvalue weighted by molar-refractivity contribution is 7.11. The zero-order chi connectivity index (χ0) is 15.2. The van der Waals surface area contributed by atoms with Gasteiger partial charge in [-0.05, 0) is 37.1 Å². The lowest BCUT2D eigenvalue weighted by atomic mass is 10.1. The second kappa shape index (κ2) is 8.14. The molecule has 0 bridgehead atoms. The first kappa shape index (κ1) is 16.8. The third-order valence-electron chi connectivity index (χ3n) is 3.23. The lowest BCUT2D eigenvalue weighted by molar-refractivity contribution is 0.676. The molecule has 2 nitrogen and oxygen atoms in total. The molecule has 2 rings (SSSR count). The van der Waals surface area contributed by atoms with E-state index < -0.39 is 0 Å². The van der Waals surface area contributed by atoms with Gasteiger partial charge >= 0.3 is 0 Å². The van der Waals surface area contributed by atoms with Crippen LogP contribution in [0.1, 0.15) is 41.4 Å². The number of rotatable bonds is 7. The second-order valence-electron chi connectivity index (χ2n) is 4.92. The number of nitrogens with zero attached hydrogens (tertiary/aromatic N) is 1. The van der Waals surface area contributed by atoms with Crippen molar-refractivity contribution in [3.8, 4) is 0 Å². The Bertz CT molecular complexity index is 596. The number of aromatic nitrogens is 1. The van der Waals surface area contributed by atoms with Gasteiger partial charge in [0.05, 0.1) is 10.7 Å². The Balaban J connectivity index is 2.12. The summed E-state index contributed by atoms with van der Waals surface area (Å²) in [6.07, 6.45) is 2.88. The molecule has 5 heteroatoms. The first-order valence-corrected chi connectivity index (χ1v) is 8.83. The van der Waals surface area contributed by atoms with Crippen molar-refractivity contribution in [2.24, 2.45) is 0 Å². The van der Waals surface area contributed by atoms with Crippen LogP contribution >= 0.6 is 34.5 Å². The standard InChI is InChI=1S/C16H20Cl2N2S/c1-3-7-19-10-15-14(4-2)20-16(21-15)8-11-5-6-12(17)9-13(11)18/h5-6,9,19H,3-4,7-8,10H2,1-2H3. The lowest BCUT2D eigenvalue weighted by Gasteiger charge is -2.02. The fraction of sp³-hybridized carbons (Fsp3) is 0.438. The Kier molecular flexibility index (Phi) is 6.49. The summed E-state index contributed by atoms with van der Waals surface area (Å²) < 4.78 is 0. The van der Waals surface area contributed by atoms with E-state index in [0.29, 0.717) is 10.0 Å². The fourth-order valence-corrected chi connectivity index (χ4v) is 3.76. The molecule has 1 aromatic heterocycles. The molecule has 0 aliphatic heterocycles. The van der Waals surface area contributed by atoms with Crippen molar-refractivity contribution in [2.45, 2.75) is 39.7 Å². The molecule has 1 heterocycles. The second-order valence-corrected chi connectivity index (χ2v) is 6.93. The summed E-state index contributed by atoms with van der Waals surface area (Å²) in [5.74, 6) is 0. The van der Waals surface area contributed by atoms with Gasteiger partial charge in [-0.25, -0.2) is 4.98 Å². The van der Waals surface area contributed by atoms with Gasteiger partial charge in [0.1, 0.15) is 0 Å². The van der Waals surface area contributed by atoms with E-state index in [4.69, 9.17) is 28.2 Å². The van der Waals surface area contributed by atoms with Crippen molar-refractivity contribution >= 4 is 34.5 Å². The minimum Gasteiger partial charge on any atom is -0.312 e. The molecule has 0 fully saturated rings. The van der Waals surface area contributed by atoms with Crippen molar-refractivity contribution in [1.82, 2.24) is 10.3 Å². The first-order chi connectivity index (χ1) is 10.1. The van der Waals surface area contributed by atoms with Crippen LogP contribution in [0.4, 0.5) is 0 Å². The number of aryl methyl sites for hydroxylation is 1. The van der Waals surface area contributed by atoms with Crippen LogP contribution in [0, 0.1) is 0 Å². The minimum absolute atomic E-state index is 0.668. The summed E-state index contributed by atoms with van der Waals surface area (Å²) in [4.78, 5) is 6.09. The van der Waals surface area contributed by atoms with Gasteiger partial charge in [0, 0.05) is 27.9 Å². The van der Waals surface area contributed by atoms with Crippen LogP contribution in [0.2, 0.25) is 10.0 Å². The summed E-state index contributed by atoms with van der Waals surface area (Å²) in [6, 6.07) is 5.64. The van der Waals surface area contributed by atoms with Crippen LogP contribution in [0.25, 0.3) is 0 Å². The van der Waals surface area contributed by atoms with Gasteiger partial charge in [-0.2, -0.15) is 0 Å². The first-order valence-electron chi connectivity index (χ1n) is 7.26. The Morgan fingerprint density at radius 2 is 2.05 bits per heavy atom. The maximum atomic E-state index is 6.24. The van der Waals surface area contributed by atoms with Gasteiger partial charge in [-0.1, -0.05) is 43.1 Å². The van der Waals surface area contributed by atoms with Crippen molar-refractivity contribution < 1.29 is 0 Å². The average molecular weight is 343 g/mol. The third kappa shape index (κ3) is 4.68. The van der Waals surface area contributed by atoms with E-state index in [1.54, 1.807) is 17.4 Å². The van der Waals surface area contributed by atoms with Crippen LogP contribution in [-0.4, -0.2) is 11.5 Å². The van der Waals surface area contributed by atoms with E-state index in [1.165, 1.54) is 10.6 Å². The fourth-order valence-electron chi connectivity index (χ4n) is 2.13. The van der Waals surface area contributed by atoms with Crippen molar-refractivity contribution in [1.29, 1.82) is 0 Å². The highest BCUT2D eigenvalue weighted by Crippen LogP contribution is 2.26. The number of hydrogen-bond acceptors (Lipinski definition) is 3. The summed E-state index contributed by atoms with van der Waals surface area (Å²) in [5.41, 5.74) is 2.27. The van der Waals surface area contributed by atoms with E-state index in [0.717, 1.165) is 42.9 Å². The SMILES string of the molecule is CCCNCc1sc(Cc2ccc(Cl)cc2Cl)nc1CC. The quantitative estimate of drug-likeness (QED) is 0.707. The Labute approximate surface area is 140 Å². The minimum atomic E-state index is 0.668. The molecule has 0 radical (unpaired) electrons. The molecule has 0 spiro atoms. The third-order valence-corrected chi connectivity index (χ3v) is 4.91.